The smallest absolute Gasteiger partial charge is 0.167 e. The van der Waals surface area contributed by atoms with Gasteiger partial charge in [-0.1, -0.05) is 25.1 Å². The summed E-state index contributed by atoms with van der Waals surface area (Å²) in [5.41, 5.74) is 6.09. The standard InChI is InChI=1S/C22H23N3O/c1-3-25-18-13-15(2)14-19(26)20(18)21(24-17-7-5-4-6-8-17)22(25)16-9-11-23-12-10-16/h4-12,15,24H,3,13-14H2,1-2H3. The Balaban J connectivity index is 1.96. The average Bonchev–Trinajstić information content (AvgIpc) is 2.96. The van der Waals surface area contributed by atoms with Crippen molar-refractivity contribution in [3.8, 4) is 11.3 Å². The van der Waals surface area contributed by atoms with Gasteiger partial charge in [0.25, 0.3) is 0 Å². The Kier molecular flexibility index (Phi) is 4.33. The number of nitrogens with one attached hydrogen (secondary N) is 1. The molecule has 1 N–H and O–H groups in total. The molecule has 2 heterocycles. The summed E-state index contributed by atoms with van der Waals surface area (Å²) in [5.74, 6) is 0.616. The first kappa shape index (κ1) is 16.6. The highest BCUT2D eigenvalue weighted by Crippen LogP contribution is 2.42. The lowest BCUT2D eigenvalue weighted by Gasteiger charge is -2.20. The number of carbonyl (C=O) groups excluding carboxylic acids is 1. The van der Waals surface area contributed by atoms with Gasteiger partial charge in [0.1, 0.15) is 0 Å². The van der Waals surface area contributed by atoms with Crippen molar-refractivity contribution in [1.82, 2.24) is 9.55 Å². The Morgan fingerprint density at radius 2 is 1.85 bits per heavy atom. The van der Waals surface area contributed by atoms with Crippen LogP contribution >= 0.6 is 0 Å². The predicted molar refractivity (Wildman–Crippen MR) is 105 cm³/mol. The number of carbonyl (C=O) groups is 1. The molecule has 4 rings (SSSR count). The topological polar surface area (TPSA) is 46.9 Å². The van der Waals surface area contributed by atoms with Crippen LogP contribution in [0.1, 0.15) is 36.3 Å². The minimum atomic E-state index is 0.236. The van der Waals surface area contributed by atoms with Crippen LogP contribution in [0, 0.1) is 5.92 Å². The largest absolute Gasteiger partial charge is 0.353 e. The molecule has 1 unspecified atom stereocenters. The van der Waals surface area contributed by atoms with Gasteiger partial charge in [-0.2, -0.15) is 0 Å². The summed E-state index contributed by atoms with van der Waals surface area (Å²) in [4.78, 5) is 17.1. The first-order valence-electron chi connectivity index (χ1n) is 9.20. The number of anilines is 2. The van der Waals surface area contributed by atoms with Gasteiger partial charge in [0, 0.05) is 42.3 Å². The fourth-order valence-corrected chi connectivity index (χ4v) is 3.95. The maximum absolute atomic E-state index is 13.0. The summed E-state index contributed by atoms with van der Waals surface area (Å²) in [7, 11) is 0. The molecule has 0 aliphatic heterocycles. The van der Waals surface area contributed by atoms with E-state index in [9.17, 15) is 4.79 Å². The number of Topliss-reactive ketones (excluding diaryl/α,β-unsaturated/α-hetero) is 1. The summed E-state index contributed by atoms with van der Waals surface area (Å²) in [6.45, 7) is 5.13. The van der Waals surface area contributed by atoms with E-state index < -0.39 is 0 Å². The van der Waals surface area contributed by atoms with Gasteiger partial charge in [-0.25, -0.2) is 0 Å². The highest BCUT2D eigenvalue weighted by Gasteiger charge is 2.32. The second-order valence-electron chi connectivity index (χ2n) is 6.95. The van der Waals surface area contributed by atoms with Crippen LogP contribution in [0.15, 0.2) is 54.9 Å². The Morgan fingerprint density at radius 1 is 1.12 bits per heavy atom. The minimum absolute atomic E-state index is 0.236. The number of para-hydroxylation sites is 1. The van der Waals surface area contributed by atoms with Crippen molar-refractivity contribution >= 4 is 17.2 Å². The van der Waals surface area contributed by atoms with E-state index in [4.69, 9.17) is 0 Å². The highest BCUT2D eigenvalue weighted by atomic mass is 16.1. The molecule has 2 aromatic heterocycles. The molecular weight excluding hydrogens is 322 g/mol. The van der Waals surface area contributed by atoms with Crippen LogP contribution < -0.4 is 5.32 Å². The van der Waals surface area contributed by atoms with Gasteiger partial charge >= 0.3 is 0 Å². The third kappa shape index (κ3) is 2.81. The summed E-state index contributed by atoms with van der Waals surface area (Å²) in [6, 6.07) is 14.1. The lowest BCUT2D eigenvalue weighted by molar-refractivity contribution is 0.0953. The first-order valence-corrected chi connectivity index (χ1v) is 9.20. The van der Waals surface area contributed by atoms with E-state index in [-0.39, 0.29) is 5.78 Å². The van der Waals surface area contributed by atoms with E-state index in [1.807, 2.05) is 42.5 Å². The number of fused-ring (bicyclic) bond motifs is 1. The van der Waals surface area contributed by atoms with E-state index in [1.165, 1.54) is 0 Å². The van der Waals surface area contributed by atoms with Crippen LogP contribution in [0.4, 0.5) is 11.4 Å². The zero-order valence-corrected chi connectivity index (χ0v) is 15.2. The van der Waals surface area contributed by atoms with Crippen molar-refractivity contribution in [3.05, 3.63) is 66.1 Å². The molecule has 0 fully saturated rings. The molecule has 0 amide bonds. The number of rotatable bonds is 4. The second-order valence-corrected chi connectivity index (χ2v) is 6.95. The second kappa shape index (κ2) is 6.79. The molecule has 0 radical (unpaired) electrons. The Morgan fingerprint density at radius 3 is 2.54 bits per heavy atom. The van der Waals surface area contributed by atoms with Crippen molar-refractivity contribution in [2.75, 3.05) is 5.32 Å². The molecule has 0 spiro atoms. The van der Waals surface area contributed by atoms with Gasteiger partial charge in [0.2, 0.25) is 0 Å². The molecular formula is C22H23N3O. The van der Waals surface area contributed by atoms with E-state index in [0.717, 1.165) is 46.9 Å². The number of nitrogens with zero attached hydrogens (tertiary/aromatic N) is 2. The number of benzene rings is 1. The number of hydrogen-bond acceptors (Lipinski definition) is 3. The van der Waals surface area contributed by atoms with Gasteiger partial charge in [-0.3, -0.25) is 9.78 Å². The lowest BCUT2D eigenvalue weighted by atomic mass is 9.87. The number of pyridine rings is 1. The van der Waals surface area contributed by atoms with Crippen LogP contribution in [0.25, 0.3) is 11.3 Å². The molecule has 4 heteroatoms. The first-order chi connectivity index (χ1) is 12.7. The van der Waals surface area contributed by atoms with Crippen molar-refractivity contribution in [2.24, 2.45) is 5.92 Å². The van der Waals surface area contributed by atoms with E-state index in [2.05, 4.69) is 28.7 Å². The highest BCUT2D eigenvalue weighted by molar-refractivity contribution is 6.07. The molecule has 3 aromatic rings. The maximum atomic E-state index is 13.0. The Labute approximate surface area is 153 Å². The Bertz CT molecular complexity index is 929. The lowest BCUT2D eigenvalue weighted by Crippen LogP contribution is -2.20. The van der Waals surface area contributed by atoms with Gasteiger partial charge in [-0.15, -0.1) is 0 Å². The molecule has 4 nitrogen and oxygen atoms in total. The monoisotopic (exact) mass is 345 g/mol. The van der Waals surface area contributed by atoms with Crippen LogP contribution in [0.2, 0.25) is 0 Å². The SMILES string of the molecule is CCn1c2c(c(Nc3ccccc3)c1-c1ccncc1)C(=O)CC(C)C2. The fraction of sp³-hybridized carbons (Fsp3) is 0.273. The van der Waals surface area contributed by atoms with Crippen molar-refractivity contribution in [1.29, 1.82) is 0 Å². The zero-order valence-electron chi connectivity index (χ0n) is 15.2. The van der Waals surface area contributed by atoms with Crippen molar-refractivity contribution in [2.45, 2.75) is 33.2 Å². The van der Waals surface area contributed by atoms with Crippen LogP contribution in [0.5, 0.6) is 0 Å². The summed E-state index contributed by atoms with van der Waals surface area (Å²) in [5, 5.41) is 3.54. The molecule has 1 aromatic carbocycles. The molecule has 1 aliphatic rings. The van der Waals surface area contributed by atoms with Crippen molar-refractivity contribution < 1.29 is 4.79 Å². The molecule has 26 heavy (non-hydrogen) atoms. The molecule has 0 saturated carbocycles. The van der Waals surface area contributed by atoms with Crippen LogP contribution in [-0.2, 0) is 13.0 Å². The third-order valence-electron chi connectivity index (χ3n) is 5.04. The van der Waals surface area contributed by atoms with Gasteiger partial charge in [0.05, 0.1) is 16.9 Å². The normalized spacial score (nSPS) is 16.4. The van der Waals surface area contributed by atoms with Gasteiger partial charge in [0.15, 0.2) is 5.78 Å². The summed E-state index contributed by atoms with van der Waals surface area (Å²) < 4.78 is 2.30. The maximum Gasteiger partial charge on any atom is 0.167 e. The molecule has 1 aliphatic carbocycles. The quantitative estimate of drug-likeness (QED) is 0.717. The molecule has 0 saturated heterocycles. The molecule has 132 valence electrons. The summed E-state index contributed by atoms with van der Waals surface area (Å²) >= 11 is 0. The van der Waals surface area contributed by atoms with E-state index in [0.29, 0.717) is 12.3 Å². The predicted octanol–water partition coefficient (Wildman–Crippen LogP) is 5.08. The fourth-order valence-electron chi connectivity index (χ4n) is 3.95. The molecule has 0 bridgehead atoms. The zero-order chi connectivity index (χ0) is 18.1. The third-order valence-corrected chi connectivity index (χ3v) is 5.04. The van der Waals surface area contributed by atoms with E-state index >= 15 is 0 Å². The van der Waals surface area contributed by atoms with Crippen LogP contribution in [-0.4, -0.2) is 15.3 Å². The minimum Gasteiger partial charge on any atom is -0.353 e. The van der Waals surface area contributed by atoms with Crippen molar-refractivity contribution in [3.63, 3.8) is 0 Å². The number of ketones is 1. The van der Waals surface area contributed by atoms with E-state index in [1.54, 1.807) is 12.4 Å². The summed E-state index contributed by atoms with van der Waals surface area (Å²) in [6.07, 6.45) is 5.15. The van der Waals surface area contributed by atoms with Crippen LogP contribution in [0.3, 0.4) is 0 Å². The Hall–Kier alpha value is -2.88. The van der Waals surface area contributed by atoms with Gasteiger partial charge in [-0.05, 0) is 43.5 Å². The number of hydrogen-bond donors (Lipinski definition) is 1. The number of aromatic nitrogens is 2. The average molecular weight is 345 g/mol. The van der Waals surface area contributed by atoms with Gasteiger partial charge < -0.3 is 9.88 Å². The molecule has 1 atom stereocenters.